The van der Waals surface area contributed by atoms with E-state index in [0.29, 0.717) is 0 Å². The van der Waals surface area contributed by atoms with Crippen LogP contribution in [-0.2, 0) is 5.41 Å². The van der Waals surface area contributed by atoms with E-state index in [-0.39, 0.29) is 5.41 Å². The van der Waals surface area contributed by atoms with Gasteiger partial charge < -0.3 is 0 Å². The molecule has 4 rings (SSSR count). The zero-order valence-electron chi connectivity index (χ0n) is 22.0. The molecule has 0 atom stereocenters. The summed E-state index contributed by atoms with van der Waals surface area (Å²) in [5.41, 5.74) is 11.6. The van der Waals surface area contributed by atoms with Crippen molar-refractivity contribution in [2.75, 3.05) is 0 Å². The second-order valence-corrected chi connectivity index (χ2v) is 10.5. The Bertz CT molecular complexity index is 1380. The fourth-order valence-corrected chi connectivity index (χ4v) is 5.49. The monoisotopic (exact) mass is 458 g/mol. The zero-order valence-corrected chi connectivity index (χ0v) is 22.0. The first-order valence-electron chi connectivity index (χ1n) is 12.7. The van der Waals surface area contributed by atoms with Crippen LogP contribution >= 0.6 is 0 Å². The molecule has 0 fully saturated rings. The van der Waals surface area contributed by atoms with E-state index in [1.165, 1.54) is 55.3 Å². The molecule has 0 aliphatic heterocycles. The lowest BCUT2D eigenvalue weighted by Crippen LogP contribution is -2.20. The summed E-state index contributed by atoms with van der Waals surface area (Å²) in [4.78, 5) is 0. The predicted molar refractivity (Wildman–Crippen MR) is 155 cm³/mol. The second-order valence-electron chi connectivity index (χ2n) is 10.5. The highest BCUT2D eigenvalue weighted by atomic mass is 14.3. The molecule has 0 saturated carbocycles. The van der Waals surface area contributed by atoms with Gasteiger partial charge in [0.2, 0.25) is 0 Å². The standard InChI is InChI=1S/C35H38/c1-8-32-28(13-11-14-31(32)23-30-19-16-24(2)22-26(30)4)21-18-27(5)35(6,7)34-25(3)17-20-29-12-9-10-15-33(29)34/h8-10,12,15-23H,1,5,11,13-14H2,2-4,6-7H3/b21-18+,31-23-. The molecular weight excluding hydrogens is 420 g/mol. The topological polar surface area (TPSA) is 0 Å². The fraction of sp³-hybridized carbons (Fsp3) is 0.257. The van der Waals surface area contributed by atoms with Gasteiger partial charge in [-0.05, 0) is 95.4 Å². The molecule has 3 aromatic rings. The minimum absolute atomic E-state index is 0.178. The van der Waals surface area contributed by atoms with Gasteiger partial charge in [-0.15, -0.1) is 0 Å². The van der Waals surface area contributed by atoms with Crippen molar-refractivity contribution < 1.29 is 0 Å². The molecular formula is C35H38. The number of hydrogen-bond donors (Lipinski definition) is 0. The molecule has 0 saturated heterocycles. The first-order valence-corrected chi connectivity index (χ1v) is 12.7. The van der Waals surface area contributed by atoms with Crippen molar-refractivity contribution in [2.24, 2.45) is 0 Å². The van der Waals surface area contributed by atoms with Crippen molar-refractivity contribution in [2.45, 2.75) is 59.3 Å². The first-order chi connectivity index (χ1) is 16.7. The smallest absolute Gasteiger partial charge is 0.0149 e. The molecule has 0 bridgehead atoms. The van der Waals surface area contributed by atoms with Crippen LogP contribution in [0.25, 0.3) is 16.8 Å². The Labute approximate surface area is 212 Å². The molecule has 1 aliphatic carbocycles. The van der Waals surface area contributed by atoms with E-state index >= 15 is 0 Å². The van der Waals surface area contributed by atoms with Crippen molar-refractivity contribution in [3.63, 3.8) is 0 Å². The Morgan fingerprint density at radius 1 is 0.914 bits per heavy atom. The molecule has 0 amide bonds. The molecule has 0 radical (unpaired) electrons. The van der Waals surface area contributed by atoms with E-state index < -0.39 is 0 Å². The van der Waals surface area contributed by atoms with E-state index in [2.05, 4.69) is 121 Å². The number of rotatable bonds is 6. The summed E-state index contributed by atoms with van der Waals surface area (Å²) in [5.74, 6) is 0. The van der Waals surface area contributed by atoms with Crippen LogP contribution in [0.1, 0.15) is 60.9 Å². The summed E-state index contributed by atoms with van der Waals surface area (Å²) in [6, 6.07) is 19.8. The number of fused-ring (bicyclic) bond motifs is 1. The van der Waals surface area contributed by atoms with Gasteiger partial charge in [0.05, 0.1) is 0 Å². The van der Waals surface area contributed by atoms with E-state index in [1.54, 1.807) is 0 Å². The van der Waals surface area contributed by atoms with E-state index in [1.807, 2.05) is 6.08 Å². The molecule has 0 unspecified atom stereocenters. The average Bonchev–Trinajstić information content (AvgIpc) is 2.83. The van der Waals surface area contributed by atoms with Crippen molar-refractivity contribution >= 4 is 16.8 Å². The molecule has 3 aromatic carbocycles. The zero-order chi connectivity index (χ0) is 25.2. The summed E-state index contributed by atoms with van der Waals surface area (Å²) in [6.45, 7) is 19.9. The molecule has 0 spiro atoms. The van der Waals surface area contributed by atoms with Crippen LogP contribution in [0.5, 0.6) is 0 Å². The lowest BCUT2D eigenvalue weighted by Gasteiger charge is -2.30. The Balaban J connectivity index is 1.69. The predicted octanol–water partition coefficient (Wildman–Crippen LogP) is 9.91. The van der Waals surface area contributed by atoms with Crippen LogP contribution < -0.4 is 0 Å². The number of allylic oxidation sites excluding steroid dienone is 7. The molecule has 0 heterocycles. The summed E-state index contributed by atoms with van der Waals surface area (Å²) < 4.78 is 0. The average molecular weight is 459 g/mol. The second kappa shape index (κ2) is 10.1. The highest BCUT2D eigenvalue weighted by Gasteiger charge is 2.27. The van der Waals surface area contributed by atoms with Gasteiger partial charge in [-0.1, -0.05) is 111 Å². The maximum absolute atomic E-state index is 4.54. The van der Waals surface area contributed by atoms with Gasteiger partial charge in [-0.25, -0.2) is 0 Å². The van der Waals surface area contributed by atoms with Gasteiger partial charge >= 0.3 is 0 Å². The molecule has 178 valence electrons. The van der Waals surface area contributed by atoms with E-state index in [4.69, 9.17) is 0 Å². The quantitative estimate of drug-likeness (QED) is 0.322. The molecule has 0 aromatic heterocycles. The van der Waals surface area contributed by atoms with Gasteiger partial charge in [0, 0.05) is 5.41 Å². The maximum atomic E-state index is 4.54. The Morgan fingerprint density at radius 2 is 1.69 bits per heavy atom. The van der Waals surface area contributed by atoms with Crippen LogP contribution in [-0.4, -0.2) is 0 Å². The highest BCUT2D eigenvalue weighted by molar-refractivity contribution is 5.88. The Hall–Kier alpha value is -3.38. The lowest BCUT2D eigenvalue weighted by molar-refractivity contribution is 0.643. The molecule has 35 heavy (non-hydrogen) atoms. The molecule has 0 nitrogen and oxygen atoms in total. The fourth-order valence-electron chi connectivity index (χ4n) is 5.49. The molecule has 0 heteroatoms. The van der Waals surface area contributed by atoms with Gasteiger partial charge in [0.25, 0.3) is 0 Å². The summed E-state index contributed by atoms with van der Waals surface area (Å²) in [5, 5.41) is 2.59. The first kappa shape index (κ1) is 24.7. The SMILES string of the molecule is C=CC1=C(/C=C/C(=C)C(C)(C)c2c(C)ccc3ccccc23)CCC/C1=C/c1ccc(C)cc1C. The van der Waals surface area contributed by atoms with Gasteiger partial charge in [0.1, 0.15) is 0 Å². The normalized spacial score (nSPS) is 15.9. The third kappa shape index (κ3) is 5.03. The summed E-state index contributed by atoms with van der Waals surface area (Å²) in [7, 11) is 0. The third-order valence-electron chi connectivity index (χ3n) is 7.59. The number of benzene rings is 3. The van der Waals surface area contributed by atoms with Gasteiger partial charge in [0.15, 0.2) is 0 Å². The van der Waals surface area contributed by atoms with Crippen LogP contribution in [0.2, 0.25) is 0 Å². The Morgan fingerprint density at radius 3 is 2.43 bits per heavy atom. The number of aryl methyl sites for hydroxylation is 3. The molecule has 1 aliphatic rings. The number of hydrogen-bond acceptors (Lipinski definition) is 0. The third-order valence-corrected chi connectivity index (χ3v) is 7.59. The van der Waals surface area contributed by atoms with E-state index in [0.717, 1.165) is 24.8 Å². The minimum Gasteiger partial charge on any atom is -0.0984 e. The summed E-state index contributed by atoms with van der Waals surface area (Å²) in [6.07, 6.45) is 12.2. The van der Waals surface area contributed by atoms with Crippen LogP contribution in [0.15, 0.2) is 108 Å². The van der Waals surface area contributed by atoms with Crippen molar-refractivity contribution in [3.05, 3.63) is 136 Å². The van der Waals surface area contributed by atoms with Crippen molar-refractivity contribution in [1.82, 2.24) is 0 Å². The van der Waals surface area contributed by atoms with Gasteiger partial charge in [-0.2, -0.15) is 0 Å². The van der Waals surface area contributed by atoms with Crippen molar-refractivity contribution in [3.8, 4) is 0 Å². The highest BCUT2D eigenvalue weighted by Crippen LogP contribution is 2.39. The van der Waals surface area contributed by atoms with Crippen LogP contribution in [0.3, 0.4) is 0 Å². The van der Waals surface area contributed by atoms with Crippen LogP contribution in [0, 0.1) is 20.8 Å². The Kier molecular flexibility index (Phi) is 7.13. The van der Waals surface area contributed by atoms with Gasteiger partial charge in [-0.3, -0.25) is 0 Å². The lowest BCUT2D eigenvalue weighted by atomic mass is 9.74. The summed E-state index contributed by atoms with van der Waals surface area (Å²) >= 11 is 0. The van der Waals surface area contributed by atoms with Crippen LogP contribution in [0.4, 0.5) is 0 Å². The molecule has 0 N–H and O–H groups in total. The minimum atomic E-state index is -0.178. The van der Waals surface area contributed by atoms with E-state index in [9.17, 15) is 0 Å². The van der Waals surface area contributed by atoms with Crippen molar-refractivity contribution in [1.29, 1.82) is 0 Å². The largest absolute Gasteiger partial charge is 0.0984 e. The maximum Gasteiger partial charge on any atom is 0.0149 e.